The molecule has 0 amide bonds. The fourth-order valence-corrected chi connectivity index (χ4v) is 5.47. The second kappa shape index (κ2) is 7.13. The lowest BCUT2D eigenvalue weighted by molar-refractivity contribution is 0.464. The van der Waals surface area contributed by atoms with Crippen LogP contribution >= 0.6 is 51.5 Å². The lowest BCUT2D eigenvalue weighted by Gasteiger charge is -2.18. The average molecular weight is 425 g/mol. The second-order valence-corrected chi connectivity index (χ2v) is 7.94. The smallest absolute Gasteiger partial charge is 0.246 e. The topological polar surface area (TPSA) is 49.4 Å². The fourth-order valence-electron chi connectivity index (χ4n) is 2.09. The third-order valence-electron chi connectivity index (χ3n) is 3.12. The Morgan fingerprint density at radius 1 is 1.35 bits per heavy atom. The highest BCUT2D eigenvalue weighted by molar-refractivity contribution is 9.10. The van der Waals surface area contributed by atoms with Crippen molar-refractivity contribution in [3.63, 3.8) is 0 Å². The van der Waals surface area contributed by atoms with Crippen molar-refractivity contribution in [1.82, 2.24) is 9.62 Å². The van der Waals surface area contributed by atoms with Crippen LogP contribution in [0.25, 0.3) is 0 Å². The van der Waals surface area contributed by atoms with E-state index >= 15 is 0 Å². The molecule has 0 aliphatic carbocycles. The molecule has 9 heteroatoms. The maximum absolute atomic E-state index is 12.6. The minimum absolute atomic E-state index is 0. The standard InChI is InChI=1S/C11H13BrCl2N2O2S.ClH/c1-15-8-2-3-16(6-8)19(17,18)11-9(13)4-7(12)5-10(11)14;/h4-5,8,15H,2-3,6H2,1H3;1H. The summed E-state index contributed by atoms with van der Waals surface area (Å²) in [5, 5.41) is 3.34. The third-order valence-corrected chi connectivity index (χ3v) is 6.37. The van der Waals surface area contributed by atoms with E-state index in [0.29, 0.717) is 17.6 Å². The largest absolute Gasteiger partial charge is 0.316 e. The van der Waals surface area contributed by atoms with Crippen LogP contribution in [0, 0.1) is 0 Å². The molecule has 1 aromatic rings. The molecule has 0 spiro atoms. The summed E-state index contributed by atoms with van der Waals surface area (Å²) in [5.74, 6) is 0. The lowest BCUT2D eigenvalue weighted by Crippen LogP contribution is -2.33. The van der Waals surface area contributed by atoms with Crippen LogP contribution in [0.1, 0.15) is 6.42 Å². The molecule has 20 heavy (non-hydrogen) atoms. The van der Waals surface area contributed by atoms with Gasteiger partial charge in [-0.25, -0.2) is 8.42 Å². The molecule has 1 fully saturated rings. The molecule has 1 aromatic carbocycles. The third kappa shape index (κ3) is 3.61. The van der Waals surface area contributed by atoms with Crippen molar-refractivity contribution in [3.8, 4) is 0 Å². The summed E-state index contributed by atoms with van der Waals surface area (Å²) in [5.41, 5.74) is 0. The molecule has 4 nitrogen and oxygen atoms in total. The number of halogens is 4. The fraction of sp³-hybridized carbons (Fsp3) is 0.455. The van der Waals surface area contributed by atoms with Gasteiger partial charge in [0.25, 0.3) is 0 Å². The number of likely N-dealkylation sites (N-methyl/N-ethyl adjacent to an activating group) is 1. The Morgan fingerprint density at radius 3 is 2.35 bits per heavy atom. The number of sulfonamides is 1. The van der Waals surface area contributed by atoms with E-state index in [1.807, 2.05) is 7.05 Å². The zero-order valence-corrected chi connectivity index (χ0v) is 15.3. The summed E-state index contributed by atoms with van der Waals surface area (Å²) in [4.78, 5) is -0.0178. The SMILES string of the molecule is CNC1CCN(S(=O)(=O)c2c(Cl)cc(Br)cc2Cl)C1.Cl. The molecular weight excluding hydrogens is 410 g/mol. The van der Waals surface area contributed by atoms with Gasteiger partial charge in [0.15, 0.2) is 0 Å². The molecule has 0 radical (unpaired) electrons. The van der Waals surface area contributed by atoms with Gasteiger partial charge in [0.05, 0.1) is 10.0 Å². The van der Waals surface area contributed by atoms with Gasteiger partial charge in [-0.05, 0) is 25.6 Å². The first-order valence-corrected chi connectivity index (χ1v) is 8.67. The minimum atomic E-state index is -3.65. The second-order valence-electron chi connectivity index (χ2n) is 4.34. The van der Waals surface area contributed by atoms with Crippen LogP contribution in [0.5, 0.6) is 0 Å². The number of hydrogen-bond donors (Lipinski definition) is 1. The van der Waals surface area contributed by atoms with Gasteiger partial charge in [0.2, 0.25) is 10.0 Å². The molecule has 1 unspecified atom stereocenters. The molecule has 1 aliphatic heterocycles. The van der Waals surface area contributed by atoms with E-state index < -0.39 is 10.0 Å². The van der Waals surface area contributed by atoms with E-state index in [4.69, 9.17) is 23.2 Å². The highest BCUT2D eigenvalue weighted by atomic mass is 79.9. The van der Waals surface area contributed by atoms with Crippen molar-refractivity contribution in [1.29, 1.82) is 0 Å². The van der Waals surface area contributed by atoms with E-state index in [1.54, 1.807) is 0 Å². The van der Waals surface area contributed by atoms with Crippen LogP contribution in [0.4, 0.5) is 0 Å². The molecular formula is C11H14BrCl3N2O2S. The van der Waals surface area contributed by atoms with Crippen molar-refractivity contribution in [2.75, 3.05) is 20.1 Å². The summed E-state index contributed by atoms with van der Waals surface area (Å²) in [7, 11) is -1.83. The zero-order valence-electron chi connectivity index (χ0n) is 10.6. The van der Waals surface area contributed by atoms with Gasteiger partial charge >= 0.3 is 0 Å². The minimum Gasteiger partial charge on any atom is -0.316 e. The van der Waals surface area contributed by atoms with Crippen molar-refractivity contribution >= 4 is 61.6 Å². The van der Waals surface area contributed by atoms with Crippen LogP contribution in [0.2, 0.25) is 10.0 Å². The zero-order chi connectivity index (χ0) is 14.2. The molecule has 1 aliphatic rings. The Kier molecular flexibility index (Phi) is 6.59. The van der Waals surface area contributed by atoms with E-state index in [0.717, 1.165) is 6.42 Å². The first-order chi connectivity index (χ1) is 8.86. The summed E-state index contributed by atoms with van der Waals surface area (Å²) in [6, 6.07) is 3.24. The summed E-state index contributed by atoms with van der Waals surface area (Å²) in [6.07, 6.45) is 0.779. The molecule has 1 atom stereocenters. The summed E-state index contributed by atoms with van der Waals surface area (Å²) in [6.45, 7) is 0.901. The summed E-state index contributed by atoms with van der Waals surface area (Å²) < 4.78 is 27.2. The van der Waals surface area contributed by atoms with Gasteiger partial charge in [0.1, 0.15) is 4.90 Å². The number of hydrogen-bond acceptors (Lipinski definition) is 3. The van der Waals surface area contributed by atoms with Gasteiger partial charge in [-0.1, -0.05) is 39.1 Å². The maximum atomic E-state index is 12.6. The first-order valence-electron chi connectivity index (χ1n) is 5.68. The van der Waals surface area contributed by atoms with Crippen LogP contribution in [-0.4, -0.2) is 38.9 Å². The van der Waals surface area contributed by atoms with Crippen LogP contribution < -0.4 is 5.32 Å². The quantitative estimate of drug-likeness (QED) is 0.811. The van der Waals surface area contributed by atoms with Crippen molar-refractivity contribution in [3.05, 3.63) is 26.7 Å². The Bertz CT molecular complexity index is 574. The van der Waals surface area contributed by atoms with Crippen LogP contribution in [0.15, 0.2) is 21.5 Å². The molecule has 1 saturated heterocycles. The molecule has 1 heterocycles. The monoisotopic (exact) mass is 422 g/mol. The Labute approximate surface area is 143 Å². The highest BCUT2D eigenvalue weighted by Crippen LogP contribution is 2.35. The predicted octanol–water partition coefficient (Wildman–Crippen LogP) is 3.16. The molecule has 0 bridgehead atoms. The van der Waals surface area contributed by atoms with Gasteiger partial charge in [-0.3, -0.25) is 0 Å². The Hall–Kier alpha value is 0.440. The van der Waals surface area contributed by atoms with Gasteiger partial charge in [0, 0.05) is 23.6 Å². The van der Waals surface area contributed by atoms with Crippen molar-refractivity contribution in [2.45, 2.75) is 17.4 Å². The molecule has 0 aromatic heterocycles. The van der Waals surface area contributed by atoms with E-state index in [2.05, 4.69) is 21.2 Å². The first kappa shape index (κ1) is 18.5. The van der Waals surface area contributed by atoms with Gasteiger partial charge in [-0.2, -0.15) is 4.31 Å². The number of nitrogens with zero attached hydrogens (tertiary/aromatic N) is 1. The maximum Gasteiger partial charge on any atom is 0.246 e. The highest BCUT2D eigenvalue weighted by Gasteiger charge is 2.34. The average Bonchev–Trinajstić information content (AvgIpc) is 2.75. The summed E-state index contributed by atoms with van der Waals surface area (Å²) >= 11 is 15.3. The Morgan fingerprint density at radius 2 is 1.90 bits per heavy atom. The van der Waals surface area contributed by atoms with Gasteiger partial charge in [-0.15, -0.1) is 12.4 Å². The van der Waals surface area contributed by atoms with Crippen molar-refractivity contribution in [2.24, 2.45) is 0 Å². The molecule has 1 N–H and O–H groups in total. The van der Waals surface area contributed by atoms with E-state index in [-0.39, 0.29) is 33.4 Å². The number of nitrogens with one attached hydrogen (secondary N) is 1. The molecule has 2 rings (SSSR count). The van der Waals surface area contributed by atoms with Crippen molar-refractivity contribution < 1.29 is 8.42 Å². The predicted molar refractivity (Wildman–Crippen MR) is 87.6 cm³/mol. The van der Waals surface area contributed by atoms with E-state index in [1.165, 1.54) is 16.4 Å². The lowest BCUT2D eigenvalue weighted by atomic mass is 10.3. The normalized spacial score (nSPS) is 19.9. The molecule has 0 saturated carbocycles. The number of rotatable bonds is 3. The van der Waals surface area contributed by atoms with E-state index in [9.17, 15) is 8.42 Å². The van der Waals surface area contributed by atoms with Crippen LogP contribution in [-0.2, 0) is 10.0 Å². The number of benzene rings is 1. The molecule has 114 valence electrons. The van der Waals surface area contributed by atoms with Crippen LogP contribution in [0.3, 0.4) is 0 Å². The van der Waals surface area contributed by atoms with Gasteiger partial charge < -0.3 is 5.32 Å². The Balaban J connectivity index is 0.00000200.